The van der Waals surface area contributed by atoms with E-state index < -0.39 is 5.91 Å². The van der Waals surface area contributed by atoms with Crippen molar-refractivity contribution in [1.29, 1.82) is 0 Å². The largest absolute Gasteiger partial charge is 0.458 e. The number of primary amides is 1. The molecule has 2 fully saturated rings. The van der Waals surface area contributed by atoms with Crippen molar-refractivity contribution in [3.8, 4) is 5.75 Å². The molecule has 1 aromatic rings. The molecule has 0 bridgehead atoms. The van der Waals surface area contributed by atoms with Crippen LogP contribution in [0.4, 0.5) is 0 Å². The molecule has 0 aromatic heterocycles. The number of benzene rings is 1. The number of allylic oxidation sites excluding steroid dienone is 4. The third-order valence-electron chi connectivity index (χ3n) is 6.91. The highest BCUT2D eigenvalue weighted by molar-refractivity contribution is 6.08. The highest BCUT2D eigenvalue weighted by Gasteiger charge is 2.33. The van der Waals surface area contributed by atoms with E-state index in [4.69, 9.17) is 10.5 Å². The summed E-state index contributed by atoms with van der Waals surface area (Å²) in [7, 11) is 2.09. The van der Waals surface area contributed by atoms with Crippen LogP contribution in [0, 0.1) is 5.92 Å². The Bertz CT molecular complexity index is 968. The predicted molar refractivity (Wildman–Crippen MR) is 133 cm³/mol. The summed E-state index contributed by atoms with van der Waals surface area (Å²) in [4.78, 5) is 15.0. The number of hydrogen-bond donors (Lipinski definition) is 3. The van der Waals surface area contributed by atoms with Gasteiger partial charge in [0.25, 0.3) is 5.91 Å². The maximum absolute atomic E-state index is 12.7. The van der Waals surface area contributed by atoms with E-state index in [1.165, 1.54) is 0 Å². The lowest BCUT2D eigenvalue weighted by molar-refractivity contribution is -0.114. The lowest BCUT2D eigenvalue weighted by Gasteiger charge is -2.43. The summed E-state index contributed by atoms with van der Waals surface area (Å²) in [5, 5.41) is 6.93. The number of carbonyl (C=O) groups excluding carboxylic acids is 1. The quantitative estimate of drug-likeness (QED) is 0.579. The minimum absolute atomic E-state index is 0.406. The maximum Gasteiger partial charge on any atom is 0.252 e. The van der Waals surface area contributed by atoms with E-state index in [1.807, 2.05) is 43.3 Å². The van der Waals surface area contributed by atoms with Crippen LogP contribution in [0.25, 0.3) is 5.57 Å². The standard InChI is InChI=1S/C27H36N4O2/c1-3-23(19-9-11-22(12-10-19)33-21-7-5-4-6-8-21)25(26(28)32)27-30-18-15-24(31(27)2)20-13-16-29-17-14-20/h3,5,7-12,20,24,29-30H,4,6,13-18H2,1-2H3,(H2,28,32)/b23-3-,27-25+/t24-/m0/s1. The van der Waals surface area contributed by atoms with E-state index in [1.54, 1.807) is 0 Å². The Morgan fingerprint density at radius 2 is 1.88 bits per heavy atom. The molecule has 1 atom stereocenters. The third kappa shape index (κ3) is 5.33. The Labute approximate surface area is 197 Å². The fourth-order valence-corrected chi connectivity index (χ4v) is 5.20. The number of nitrogens with zero attached hydrogens (tertiary/aromatic N) is 1. The second-order valence-electron chi connectivity index (χ2n) is 8.98. The minimum atomic E-state index is -0.416. The summed E-state index contributed by atoms with van der Waals surface area (Å²) in [6.45, 7) is 4.92. The molecule has 6 nitrogen and oxygen atoms in total. The van der Waals surface area contributed by atoms with Crippen molar-refractivity contribution < 1.29 is 9.53 Å². The van der Waals surface area contributed by atoms with Crippen molar-refractivity contribution in [1.82, 2.24) is 15.5 Å². The molecule has 1 aliphatic carbocycles. The summed E-state index contributed by atoms with van der Waals surface area (Å²) in [5.74, 6) is 2.69. The van der Waals surface area contributed by atoms with Gasteiger partial charge in [-0.1, -0.05) is 24.3 Å². The smallest absolute Gasteiger partial charge is 0.252 e. The van der Waals surface area contributed by atoms with Gasteiger partial charge in [0.1, 0.15) is 17.3 Å². The van der Waals surface area contributed by atoms with Crippen LogP contribution in [0.3, 0.4) is 0 Å². The molecule has 0 radical (unpaired) electrons. The van der Waals surface area contributed by atoms with Gasteiger partial charge >= 0.3 is 0 Å². The summed E-state index contributed by atoms with van der Waals surface area (Å²) < 4.78 is 5.97. The normalized spacial score (nSPS) is 23.6. The van der Waals surface area contributed by atoms with Crippen molar-refractivity contribution in [2.75, 3.05) is 26.7 Å². The Balaban J connectivity index is 1.60. The second kappa shape index (κ2) is 10.8. The molecule has 2 heterocycles. The molecule has 2 aliphatic heterocycles. The highest BCUT2D eigenvalue weighted by atomic mass is 16.5. The van der Waals surface area contributed by atoms with E-state index >= 15 is 0 Å². The van der Waals surface area contributed by atoms with E-state index in [-0.39, 0.29) is 0 Å². The first-order chi connectivity index (χ1) is 16.1. The zero-order chi connectivity index (χ0) is 23.2. The molecule has 1 aromatic carbocycles. The van der Waals surface area contributed by atoms with Crippen molar-refractivity contribution in [3.63, 3.8) is 0 Å². The molecular weight excluding hydrogens is 412 g/mol. The van der Waals surface area contributed by atoms with Crippen molar-refractivity contribution in [2.24, 2.45) is 11.7 Å². The van der Waals surface area contributed by atoms with Gasteiger partial charge in [0.05, 0.1) is 5.57 Å². The van der Waals surface area contributed by atoms with Gasteiger partial charge in [-0.05, 0) is 93.5 Å². The molecule has 6 heteroatoms. The molecule has 0 spiro atoms. The summed E-state index contributed by atoms with van der Waals surface area (Å²) >= 11 is 0. The molecule has 176 valence electrons. The van der Waals surface area contributed by atoms with Crippen LogP contribution < -0.4 is 21.1 Å². The Morgan fingerprint density at radius 3 is 2.52 bits per heavy atom. The first kappa shape index (κ1) is 23.2. The molecule has 1 amide bonds. The predicted octanol–water partition coefficient (Wildman–Crippen LogP) is 3.69. The molecule has 3 aliphatic rings. The molecular formula is C27H36N4O2. The number of amides is 1. The Kier molecular flexibility index (Phi) is 7.55. The van der Waals surface area contributed by atoms with Crippen LogP contribution in [0.15, 0.2) is 65.7 Å². The topological polar surface area (TPSA) is 79.6 Å². The van der Waals surface area contributed by atoms with E-state index in [2.05, 4.69) is 34.7 Å². The highest BCUT2D eigenvalue weighted by Crippen LogP contribution is 2.33. The van der Waals surface area contributed by atoms with Gasteiger partial charge in [-0.25, -0.2) is 0 Å². The van der Waals surface area contributed by atoms with Gasteiger partial charge in [-0.15, -0.1) is 0 Å². The van der Waals surface area contributed by atoms with E-state index in [9.17, 15) is 4.79 Å². The molecule has 4 N–H and O–H groups in total. The fraction of sp³-hybridized carbons (Fsp3) is 0.444. The zero-order valence-corrected chi connectivity index (χ0v) is 19.8. The van der Waals surface area contributed by atoms with Crippen LogP contribution in [0.2, 0.25) is 0 Å². The lowest BCUT2D eigenvalue weighted by atomic mass is 9.86. The van der Waals surface area contributed by atoms with Gasteiger partial charge in [-0.3, -0.25) is 4.79 Å². The van der Waals surface area contributed by atoms with Crippen molar-refractivity contribution in [2.45, 2.75) is 45.1 Å². The molecule has 4 rings (SSSR count). The van der Waals surface area contributed by atoms with Gasteiger partial charge < -0.3 is 26.0 Å². The summed E-state index contributed by atoms with van der Waals surface area (Å²) in [6, 6.07) is 8.29. The molecule has 2 saturated heterocycles. The van der Waals surface area contributed by atoms with Crippen LogP contribution in [-0.2, 0) is 4.79 Å². The number of carbonyl (C=O) groups is 1. The van der Waals surface area contributed by atoms with Gasteiger partial charge in [0.2, 0.25) is 0 Å². The SMILES string of the molecule is C/C=C(\C(C(N)=O)=C1\NCC[C@@H](C2CCNCC2)N1C)c1ccc(OC2=CCCC=C2)cc1. The maximum atomic E-state index is 12.7. The monoisotopic (exact) mass is 448 g/mol. The third-order valence-corrected chi connectivity index (χ3v) is 6.91. The second-order valence-corrected chi connectivity index (χ2v) is 8.98. The number of nitrogens with one attached hydrogen (secondary N) is 2. The van der Waals surface area contributed by atoms with Crippen molar-refractivity contribution in [3.05, 3.63) is 71.3 Å². The first-order valence-corrected chi connectivity index (χ1v) is 12.1. The Hall–Kier alpha value is -2.99. The average molecular weight is 449 g/mol. The number of piperidine rings is 1. The zero-order valence-electron chi connectivity index (χ0n) is 19.8. The molecule has 0 unspecified atom stereocenters. The van der Waals surface area contributed by atoms with E-state index in [0.29, 0.717) is 17.5 Å². The first-order valence-electron chi connectivity index (χ1n) is 12.1. The number of ether oxygens (including phenoxy) is 1. The van der Waals surface area contributed by atoms with Gasteiger partial charge in [0.15, 0.2) is 0 Å². The number of rotatable bonds is 6. The number of nitrogens with two attached hydrogens (primary N) is 1. The lowest BCUT2D eigenvalue weighted by Crippen LogP contribution is -2.51. The van der Waals surface area contributed by atoms with Gasteiger partial charge in [-0.2, -0.15) is 0 Å². The van der Waals surface area contributed by atoms with Crippen molar-refractivity contribution >= 4 is 11.5 Å². The van der Waals surface area contributed by atoms with Gasteiger partial charge in [0, 0.05) is 19.6 Å². The molecule has 0 saturated carbocycles. The minimum Gasteiger partial charge on any atom is -0.458 e. The number of hydrogen-bond acceptors (Lipinski definition) is 5. The van der Waals surface area contributed by atoms with E-state index in [0.717, 1.165) is 80.2 Å². The summed E-state index contributed by atoms with van der Waals surface area (Å²) in [5.41, 5.74) is 8.30. The summed E-state index contributed by atoms with van der Waals surface area (Å²) in [6.07, 6.45) is 13.7. The Morgan fingerprint density at radius 1 is 1.12 bits per heavy atom. The van der Waals surface area contributed by atoms with Crippen LogP contribution in [0.1, 0.15) is 44.6 Å². The van der Waals surface area contributed by atoms with Crippen LogP contribution in [-0.4, -0.2) is 43.5 Å². The molecule has 33 heavy (non-hydrogen) atoms. The van der Waals surface area contributed by atoms with Crippen LogP contribution >= 0.6 is 0 Å². The average Bonchev–Trinajstić information content (AvgIpc) is 2.85. The van der Waals surface area contributed by atoms with Crippen LogP contribution in [0.5, 0.6) is 5.75 Å². The fourth-order valence-electron chi connectivity index (χ4n) is 5.20.